The van der Waals surface area contributed by atoms with Crippen molar-refractivity contribution in [1.29, 1.82) is 0 Å². The molecule has 1 aliphatic heterocycles. The van der Waals surface area contributed by atoms with Gasteiger partial charge in [0.05, 0.1) is 0 Å². The number of ketones is 1. The van der Waals surface area contributed by atoms with Crippen LogP contribution in [-0.2, 0) is 9.53 Å². The number of Topliss-reactive ketones (excluding diaryl/α,β-unsaturated/α-hetero) is 1. The normalized spacial score (nSPS) is 12.9. The number of benzene rings is 4. The van der Waals surface area contributed by atoms with Crippen LogP contribution in [0.4, 0.5) is 0 Å². The molecular formula is C28H22O3. The van der Waals surface area contributed by atoms with Crippen LogP contribution in [0.25, 0.3) is 16.3 Å². The summed E-state index contributed by atoms with van der Waals surface area (Å²) < 4.78 is 12.0. The number of ether oxygens (including phenoxy) is 2. The Labute approximate surface area is 181 Å². The van der Waals surface area contributed by atoms with Crippen LogP contribution in [-0.4, -0.2) is 19.0 Å². The summed E-state index contributed by atoms with van der Waals surface area (Å²) in [5.41, 5.74) is 3.56. The summed E-state index contributed by atoms with van der Waals surface area (Å²) in [7, 11) is 0. The second kappa shape index (κ2) is 8.58. The van der Waals surface area contributed by atoms with Crippen molar-refractivity contribution in [2.24, 2.45) is 0 Å². The molecule has 0 radical (unpaired) electrons. The smallest absolute Gasteiger partial charge is 0.189 e. The summed E-state index contributed by atoms with van der Waals surface area (Å²) in [6.07, 6.45) is 1.55. The zero-order chi connectivity index (χ0) is 21.0. The monoisotopic (exact) mass is 406 g/mol. The van der Waals surface area contributed by atoms with Crippen molar-refractivity contribution in [1.82, 2.24) is 0 Å². The van der Waals surface area contributed by atoms with Gasteiger partial charge in [-0.15, -0.1) is 0 Å². The lowest BCUT2D eigenvalue weighted by molar-refractivity contribution is -0.119. The number of hydrogen-bond donors (Lipinski definition) is 0. The van der Waals surface area contributed by atoms with E-state index in [1.807, 2.05) is 103 Å². The number of carbonyl (C=O) groups excluding carboxylic acids is 1. The van der Waals surface area contributed by atoms with Crippen molar-refractivity contribution in [3.8, 4) is 5.75 Å². The molecule has 31 heavy (non-hydrogen) atoms. The van der Waals surface area contributed by atoms with Crippen molar-refractivity contribution in [2.75, 3.05) is 13.2 Å². The lowest BCUT2D eigenvalue weighted by Crippen LogP contribution is -2.18. The van der Waals surface area contributed by atoms with Crippen LogP contribution in [0.3, 0.4) is 0 Å². The summed E-state index contributed by atoms with van der Waals surface area (Å²) >= 11 is 0. The Morgan fingerprint density at radius 3 is 2.16 bits per heavy atom. The molecule has 3 nitrogen and oxygen atoms in total. The van der Waals surface area contributed by atoms with Gasteiger partial charge in [0.2, 0.25) is 0 Å². The highest BCUT2D eigenvalue weighted by Gasteiger charge is 2.24. The molecule has 5 rings (SSSR count). The van der Waals surface area contributed by atoms with Gasteiger partial charge in [-0.25, -0.2) is 0 Å². The standard InChI is InChI=1S/C28H22O3/c29-25(19-31-28(21-10-3-1-4-11-21)22-12-5-2-6-13-22)24-17-18-30-26-16-15-20-9-7-8-14-23(20)27(24)26/h1-17,28H,18-19H2. The Hall–Kier alpha value is -3.69. The van der Waals surface area contributed by atoms with E-state index < -0.39 is 0 Å². The quantitative estimate of drug-likeness (QED) is 0.394. The Kier molecular flexibility index (Phi) is 5.34. The highest BCUT2D eigenvalue weighted by molar-refractivity contribution is 6.25. The topological polar surface area (TPSA) is 35.5 Å². The van der Waals surface area contributed by atoms with E-state index in [0.717, 1.165) is 33.2 Å². The van der Waals surface area contributed by atoms with Gasteiger partial charge in [-0.2, -0.15) is 0 Å². The molecular weight excluding hydrogens is 384 g/mol. The molecule has 4 aromatic rings. The molecule has 152 valence electrons. The predicted molar refractivity (Wildman–Crippen MR) is 123 cm³/mol. The molecule has 0 atom stereocenters. The first-order chi connectivity index (χ1) is 15.3. The van der Waals surface area contributed by atoms with Gasteiger partial charge >= 0.3 is 0 Å². The third-order valence-corrected chi connectivity index (χ3v) is 5.57. The summed E-state index contributed by atoms with van der Waals surface area (Å²) in [6, 6.07) is 32.0. The molecule has 0 saturated carbocycles. The third-order valence-electron chi connectivity index (χ3n) is 5.57. The predicted octanol–water partition coefficient (Wildman–Crippen LogP) is 5.99. The second-order valence-corrected chi connectivity index (χ2v) is 7.52. The highest BCUT2D eigenvalue weighted by Crippen LogP contribution is 2.37. The SMILES string of the molecule is O=C(COC(c1ccccc1)c1ccccc1)C1=CCOc2ccc3ccccc3c21. The maximum Gasteiger partial charge on any atom is 0.189 e. The van der Waals surface area contributed by atoms with Crippen LogP contribution < -0.4 is 4.74 Å². The molecule has 0 amide bonds. The van der Waals surface area contributed by atoms with E-state index in [-0.39, 0.29) is 18.5 Å². The number of fused-ring (bicyclic) bond motifs is 3. The molecule has 0 aromatic heterocycles. The molecule has 0 unspecified atom stereocenters. The minimum Gasteiger partial charge on any atom is -0.489 e. The summed E-state index contributed by atoms with van der Waals surface area (Å²) in [5, 5.41) is 2.10. The molecule has 4 aromatic carbocycles. The van der Waals surface area contributed by atoms with Crippen LogP contribution in [0.1, 0.15) is 22.8 Å². The fourth-order valence-electron chi connectivity index (χ4n) is 4.10. The summed E-state index contributed by atoms with van der Waals surface area (Å²) in [5.74, 6) is 0.699. The molecule has 0 bridgehead atoms. The van der Waals surface area contributed by atoms with Crippen LogP contribution in [0, 0.1) is 0 Å². The van der Waals surface area contributed by atoms with Crippen molar-refractivity contribution >= 4 is 22.1 Å². The summed E-state index contributed by atoms with van der Waals surface area (Å²) in [6.45, 7) is 0.371. The van der Waals surface area contributed by atoms with Crippen molar-refractivity contribution < 1.29 is 14.3 Å². The molecule has 3 heteroatoms. The molecule has 0 fully saturated rings. The van der Waals surface area contributed by atoms with Crippen LogP contribution in [0.5, 0.6) is 5.75 Å². The minimum absolute atomic E-state index is 0.0110. The molecule has 0 saturated heterocycles. The van der Waals surface area contributed by atoms with Crippen molar-refractivity contribution in [3.05, 3.63) is 120 Å². The fourth-order valence-corrected chi connectivity index (χ4v) is 4.10. The largest absolute Gasteiger partial charge is 0.489 e. The number of rotatable bonds is 6. The Balaban J connectivity index is 1.44. The minimum atomic E-state index is -0.307. The van der Waals surface area contributed by atoms with Gasteiger partial charge in [-0.05, 0) is 34.0 Å². The molecule has 0 aliphatic carbocycles. The van der Waals surface area contributed by atoms with Gasteiger partial charge in [-0.3, -0.25) is 4.79 Å². The Bertz CT molecular complexity index is 1200. The average Bonchev–Trinajstić information content (AvgIpc) is 2.85. The first-order valence-electron chi connectivity index (χ1n) is 10.4. The van der Waals surface area contributed by atoms with E-state index in [1.54, 1.807) is 0 Å². The van der Waals surface area contributed by atoms with E-state index in [0.29, 0.717) is 12.2 Å². The summed E-state index contributed by atoms with van der Waals surface area (Å²) in [4.78, 5) is 13.3. The Morgan fingerprint density at radius 2 is 1.45 bits per heavy atom. The zero-order valence-corrected chi connectivity index (χ0v) is 17.0. The van der Waals surface area contributed by atoms with Crippen LogP contribution in [0.2, 0.25) is 0 Å². The van der Waals surface area contributed by atoms with Gasteiger partial charge in [0.1, 0.15) is 25.1 Å². The molecule has 0 N–H and O–H groups in total. The van der Waals surface area contributed by atoms with Crippen molar-refractivity contribution in [3.63, 3.8) is 0 Å². The lowest BCUT2D eigenvalue weighted by atomic mass is 9.93. The zero-order valence-electron chi connectivity index (χ0n) is 17.0. The van der Waals surface area contributed by atoms with Crippen molar-refractivity contribution in [2.45, 2.75) is 6.10 Å². The maximum atomic E-state index is 13.3. The lowest BCUT2D eigenvalue weighted by Gasteiger charge is -2.22. The molecule has 1 aliphatic rings. The Morgan fingerprint density at radius 1 is 0.806 bits per heavy atom. The number of carbonyl (C=O) groups is 1. The van der Waals surface area contributed by atoms with Crippen LogP contribution >= 0.6 is 0 Å². The van der Waals surface area contributed by atoms with E-state index in [4.69, 9.17) is 9.47 Å². The first-order valence-corrected chi connectivity index (χ1v) is 10.4. The van der Waals surface area contributed by atoms with E-state index in [2.05, 4.69) is 0 Å². The molecule has 0 spiro atoms. The fraction of sp³-hybridized carbons (Fsp3) is 0.107. The van der Waals surface area contributed by atoms with Gasteiger partial charge in [0.25, 0.3) is 0 Å². The average molecular weight is 406 g/mol. The number of hydrogen-bond acceptors (Lipinski definition) is 3. The van der Waals surface area contributed by atoms with Gasteiger partial charge in [0, 0.05) is 11.1 Å². The second-order valence-electron chi connectivity index (χ2n) is 7.52. The van der Waals surface area contributed by atoms with Gasteiger partial charge < -0.3 is 9.47 Å². The molecule has 1 heterocycles. The third kappa shape index (κ3) is 3.88. The van der Waals surface area contributed by atoms with E-state index >= 15 is 0 Å². The van der Waals surface area contributed by atoms with Gasteiger partial charge in [-0.1, -0.05) is 91.0 Å². The first kappa shape index (κ1) is 19.3. The highest BCUT2D eigenvalue weighted by atomic mass is 16.5. The van der Waals surface area contributed by atoms with E-state index in [1.165, 1.54) is 0 Å². The van der Waals surface area contributed by atoms with Gasteiger partial charge in [0.15, 0.2) is 5.78 Å². The maximum absolute atomic E-state index is 13.3. The van der Waals surface area contributed by atoms with E-state index in [9.17, 15) is 4.79 Å². The van der Waals surface area contributed by atoms with Crippen LogP contribution in [0.15, 0.2) is 103 Å².